The zero-order valence-corrected chi connectivity index (χ0v) is 23.9. The molecular formula is C29H25F3IN3O4. The second-order valence-corrected chi connectivity index (χ2v) is 9.71. The number of nitrogens with zero attached hydrogens (tertiary/aromatic N) is 1. The number of hydrogen-bond acceptors (Lipinski definition) is 5. The van der Waals surface area contributed by atoms with Crippen molar-refractivity contribution in [3.63, 3.8) is 0 Å². The lowest BCUT2D eigenvalue weighted by molar-refractivity contribution is -0.137. The smallest absolute Gasteiger partial charge is 0.416 e. The Balaban J connectivity index is 1.79. The SMILES string of the molecule is CCOc1cc(/C=C(\C#N)C(=O)Nc2cccc(C(F)(F)F)c2)cc(I)c1OCC(=O)Nc1cccc(C)c1C. The van der Waals surface area contributed by atoms with Crippen LogP contribution in [0, 0.1) is 28.7 Å². The van der Waals surface area contributed by atoms with Crippen LogP contribution >= 0.6 is 22.6 Å². The normalized spacial score (nSPS) is 11.4. The molecule has 0 aromatic heterocycles. The molecule has 0 aliphatic carbocycles. The minimum Gasteiger partial charge on any atom is -0.490 e. The Kier molecular flexibility index (Phi) is 10.2. The molecule has 40 heavy (non-hydrogen) atoms. The molecule has 11 heteroatoms. The number of rotatable bonds is 9. The van der Waals surface area contributed by atoms with Crippen LogP contribution in [-0.4, -0.2) is 25.0 Å². The molecule has 0 aliphatic rings. The van der Waals surface area contributed by atoms with E-state index in [9.17, 15) is 28.0 Å². The molecular weight excluding hydrogens is 638 g/mol. The molecule has 0 aliphatic heterocycles. The van der Waals surface area contributed by atoms with Gasteiger partial charge in [-0.05, 0) is 103 Å². The van der Waals surface area contributed by atoms with Crippen molar-refractivity contribution in [2.24, 2.45) is 0 Å². The maximum Gasteiger partial charge on any atom is 0.416 e. The lowest BCUT2D eigenvalue weighted by Gasteiger charge is -2.15. The minimum atomic E-state index is -4.58. The lowest BCUT2D eigenvalue weighted by Crippen LogP contribution is -2.21. The molecule has 0 radical (unpaired) electrons. The standard InChI is InChI=1S/C29H25F3IN3O4/c1-4-39-25-13-19(11-20(15-34)28(38)35-22-9-6-8-21(14-22)29(30,31)32)12-23(33)27(25)40-16-26(37)36-24-10-5-7-17(2)18(24)3/h5-14H,4,16H2,1-3H3,(H,35,38)(H,36,37)/b20-11+. The third kappa shape index (κ3) is 7.98. The summed E-state index contributed by atoms with van der Waals surface area (Å²) in [6.07, 6.45) is -3.30. The summed E-state index contributed by atoms with van der Waals surface area (Å²) in [5.41, 5.74) is 1.71. The number of carbonyl (C=O) groups excluding carboxylic acids is 2. The van der Waals surface area contributed by atoms with E-state index in [-0.39, 0.29) is 36.1 Å². The third-order valence-corrected chi connectivity index (χ3v) is 6.48. The Morgan fingerprint density at radius 1 is 1.05 bits per heavy atom. The summed E-state index contributed by atoms with van der Waals surface area (Å²) in [5.74, 6) is -0.648. The van der Waals surface area contributed by atoms with E-state index in [0.717, 1.165) is 29.3 Å². The summed E-state index contributed by atoms with van der Waals surface area (Å²) >= 11 is 1.98. The molecule has 0 atom stereocenters. The van der Waals surface area contributed by atoms with Crippen molar-refractivity contribution >= 4 is 51.9 Å². The number of ether oxygens (including phenoxy) is 2. The van der Waals surface area contributed by atoms with Crippen molar-refractivity contribution in [2.75, 3.05) is 23.8 Å². The quantitative estimate of drug-likeness (QED) is 0.148. The van der Waals surface area contributed by atoms with Crippen molar-refractivity contribution in [2.45, 2.75) is 26.9 Å². The number of amides is 2. The van der Waals surface area contributed by atoms with Crippen LogP contribution in [0.25, 0.3) is 6.08 Å². The van der Waals surface area contributed by atoms with E-state index in [2.05, 4.69) is 10.6 Å². The molecule has 2 N–H and O–H groups in total. The average Bonchev–Trinajstić information content (AvgIpc) is 2.89. The number of nitriles is 1. The Morgan fingerprint density at radius 3 is 2.45 bits per heavy atom. The molecule has 0 spiro atoms. The summed E-state index contributed by atoms with van der Waals surface area (Å²) in [6.45, 7) is 5.59. The lowest BCUT2D eigenvalue weighted by atomic mass is 10.1. The number of aryl methyl sites for hydroxylation is 1. The van der Waals surface area contributed by atoms with E-state index in [0.29, 0.717) is 20.6 Å². The predicted octanol–water partition coefficient (Wildman–Crippen LogP) is 6.89. The van der Waals surface area contributed by atoms with Gasteiger partial charge in [0.05, 0.1) is 15.7 Å². The molecule has 208 valence electrons. The van der Waals surface area contributed by atoms with Crippen molar-refractivity contribution in [1.29, 1.82) is 5.26 Å². The first-order valence-electron chi connectivity index (χ1n) is 12.0. The van der Waals surface area contributed by atoms with Gasteiger partial charge in [-0.3, -0.25) is 9.59 Å². The highest BCUT2D eigenvalue weighted by Gasteiger charge is 2.30. The molecule has 0 bridgehead atoms. The van der Waals surface area contributed by atoms with Crippen LogP contribution in [0.5, 0.6) is 11.5 Å². The number of alkyl halides is 3. The first kappa shape index (κ1) is 30.5. The number of carbonyl (C=O) groups is 2. The number of anilines is 2. The highest BCUT2D eigenvalue weighted by molar-refractivity contribution is 14.1. The number of benzene rings is 3. The van der Waals surface area contributed by atoms with Crippen LogP contribution in [0.2, 0.25) is 0 Å². The van der Waals surface area contributed by atoms with E-state index in [1.807, 2.05) is 48.6 Å². The van der Waals surface area contributed by atoms with E-state index < -0.39 is 17.6 Å². The Morgan fingerprint density at radius 2 is 1.77 bits per heavy atom. The fourth-order valence-electron chi connectivity index (χ4n) is 3.57. The number of nitrogens with one attached hydrogen (secondary N) is 2. The van der Waals surface area contributed by atoms with Crippen LogP contribution in [-0.2, 0) is 15.8 Å². The van der Waals surface area contributed by atoms with Gasteiger partial charge < -0.3 is 20.1 Å². The molecule has 3 aromatic carbocycles. The van der Waals surface area contributed by atoms with Gasteiger partial charge in [0, 0.05) is 11.4 Å². The third-order valence-electron chi connectivity index (χ3n) is 5.68. The molecule has 3 aromatic rings. The molecule has 0 saturated carbocycles. The Bertz CT molecular complexity index is 1500. The zero-order chi connectivity index (χ0) is 29.4. The minimum absolute atomic E-state index is 0.103. The fraction of sp³-hybridized carbons (Fsp3) is 0.207. The van der Waals surface area contributed by atoms with Gasteiger partial charge in [-0.15, -0.1) is 0 Å². The van der Waals surface area contributed by atoms with Gasteiger partial charge in [0.15, 0.2) is 18.1 Å². The van der Waals surface area contributed by atoms with Crippen molar-refractivity contribution < 1.29 is 32.2 Å². The highest BCUT2D eigenvalue weighted by Crippen LogP contribution is 2.35. The summed E-state index contributed by atoms with van der Waals surface area (Å²) in [4.78, 5) is 25.2. The van der Waals surface area contributed by atoms with Crippen LogP contribution in [0.3, 0.4) is 0 Å². The summed E-state index contributed by atoms with van der Waals surface area (Å²) in [6, 6.07) is 14.6. The van der Waals surface area contributed by atoms with Crippen molar-refractivity contribution in [3.8, 4) is 17.6 Å². The molecule has 0 fully saturated rings. The highest BCUT2D eigenvalue weighted by atomic mass is 127. The molecule has 0 unspecified atom stereocenters. The number of halogens is 4. The van der Waals surface area contributed by atoms with Gasteiger partial charge in [0.1, 0.15) is 11.6 Å². The molecule has 0 heterocycles. The first-order chi connectivity index (χ1) is 18.9. The van der Waals surface area contributed by atoms with Gasteiger partial charge in [-0.25, -0.2) is 0 Å². The first-order valence-corrected chi connectivity index (χ1v) is 13.1. The van der Waals surface area contributed by atoms with Crippen molar-refractivity contribution in [3.05, 3.63) is 86.0 Å². The van der Waals surface area contributed by atoms with Crippen LogP contribution in [0.4, 0.5) is 24.5 Å². The second-order valence-electron chi connectivity index (χ2n) is 8.55. The summed E-state index contributed by atoms with van der Waals surface area (Å²) < 4.78 is 51.0. The fourth-order valence-corrected chi connectivity index (χ4v) is 4.35. The van der Waals surface area contributed by atoms with Gasteiger partial charge in [0.25, 0.3) is 11.8 Å². The van der Waals surface area contributed by atoms with Gasteiger partial charge >= 0.3 is 6.18 Å². The van der Waals surface area contributed by atoms with Crippen LogP contribution < -0.4 is 20.1 Å². The summed E-state index contributed by atoms with van der Waals surface area (Å²) in [5, 5.41) is 14.7. The molecule has 2 amide bonds. The van der Waals surface area contributed by atoms with Crippen LogP contribution in [0.1, 0.15) is 29.2 Å². The molecule has 0 saturated heterocycles. The maximum atomic E-state index is 13.0. The monoisotopic (exact) mass is 663 g/mol. The Hall–Kier alpha value is -4.05. The largest absolute Gasteiger partial charge is 0.490 e. The van der Waals surface area contributed by atoms with Crippen LogP contribution in [0.15, 0.2) is 60.2 Å². The topological polar surface area (TPSA) is 100 Å². The van der Waals surface area contributed by atoms with E-state index in [1.165, 1.54) is 12.1 Å². The van der Waals surface area contributed by atoms with Gasteiger partial charge in [-0.2, -0.15) is 18.4 Å². The average molecular weight is 663 g/mol. The van der Waals surface area contributed by atoms with E-state index in [1.54, 1.807) is 31.2 Å². The van der Waals surface area contributed by atoms with Crippen molar-refractivity contribution in [1.82, 2.24) is 0 Å². The van der Waals surface area contributed by atoms with E-state index >= 15 is 0 Å². The predicted molar refractivity (Wildman–Crippen MR) is 154 cm³/mol. The second kappa shape index (κ2) is 13.3. The van der Waals surface area contributed by atoms with Gasteiger partial charge in [-0.1, -0.05) is 18.2 Å². The van der Waals surface area contributed by atoms with E-state index in [4.69, 9.17) is 9.47 Å². The number of hydrogen-bond donors (Lipinski definition) is 2. The van der Waals surface area contributed by atoms with Gasteiger partial charge in [0.2, 0.25) is 0 Å². The maximum absolute atomic E-state index is 13.0. The molecule has 7 nitrogen and oxygen atoms in total. The summed E-state index contributed by atoms with van der Waals surface area (Å²) in [7, 11) is 0. The Labute approximate surface area is 243 Å². The molecule has 3 rings (SSSR count). The zero-order valence-electron chi connectivity index (χ0n) is 21.8.